The summed E-state index contributed by atoms with van der Waals surface area (Å²) < 4.78 is 2.13. The Hall–Kier alpha value is -3.05. The minimum Gasteiger partial charge on any atom is -0.393 e. The number of nitrogens with two attached hydrogens (primary N) is 1. The van der Waals surface area contributed by atoms with Gasteiger partial charge in [0, 0.05) is 35.7 Å². The molecule has 0 bridgehead atoms. The maximum Gasteiger partial charge on any atom is 0.250 e. The molecular formula is C25H31N3O2. The third kappa shape index (κ3) is 5.51. The Labute approximate surface area is 178 Å². The van der Waals surface area contributed by atoms with Crippen molar-refractivity contribution in [1.82, 2.24) is 4.57 Å². The van der Waals surface area contributed by atoms with Gasteiger partial charge in [0.05, 0.1) is 11.7 Å². The number of carbonyl (C=O) groups excluding carboxylic acids is 1. The SMILES string of the molecule is C=C/C=C\C=C(/C)Cc1cccn1-c1ccc(C(N)=O)c(N[C@H]2CC[C@H](O)CC2)c1. The van der Waals surface area contributed by atoms with Crippen LogP contribution in [0.15, 0.2) is 73.0 Å². The van der Waals surface area contributed by atoms with Gasteiger partial charge in [-0.05, 0) is 62.9 Å². The summed E-state index contributed by atoms with van der Waals surface area (Å²) in [5.74, 6) is -0.444. The summed E-state index contributed by atoms with van der Waals surface area (Å²) in [6.45, 7) is 5.79. The van der Waals surface area contributed by atoms with Crippen molar-refractivity contribution in [2.45, 2.75) is 51.2 Å². The normalized spacial score (nSPS) is 19.7. The summed E-state index contributed by atoms with van der Waals surface area (Å²) >= 11 is 0. The summed E-state index contributed by atoms with van der Waals surface area (Å²) in [6.07, 6.45) is 13.7. The van der Waals surface area contributed by atoms with Crippen molar-refractivity contribution in [3.63, 3.8) is 0 Å². The highest BCUT2D eigenvalue weighted by atomic mass is 16.3. The number of benzene rings is 1. The zero-order valence-electron chi connectivity index (χ0n) is 17.6. The van der Waals surface area contributed by atoms with E-state index in [4.69, 9.17) is 5.73 Å². The van der Waals surface area contributed by atoms with Crippen LogP contribution in [0.25, 0.3) is 5.69 Å². The van der Waals surface area contributed by atoms with Gasteiger partial charge in [0.25, 0.3) is 5.91 Å². The largest absolute Gasteiger partial charge is 0.393 e. The van der Waals surface area contributed by atoms with Crippen LogP contribution in [0.5, 0.6) is 0 Å². The number of anilines is 1. The van der Waals surface area contributed by atoms with Gasteiger partial charge in [0.2, 0.25) is 0 Å². The van der Waals surface area contributed by atoms with E-state index >= 15 is 0 Å². The van der Waals surface area contributed by atoms with Gasteiger partial charge in [-0.25, -0.2) is 0 Å². The van der Waals surface area contributed by atoms with E-state index in [1.807, 2.05) is 36.5 Å². The van der Waals surface area contributed by atoms with Crippen LogP contribution in [0.3, 0.4) is 0 Å². The topological polar surface area (TPSA) is 80.3 Å². The van der Waals surface area contributed by atoms with Crippen molar-refractivity contribution in [3.8, 4) is 5.69 Å². The van der Waals surface area contributed by atoms with Crippen molar-refractivity contribution in [2.24, 2.45) is 5.73 Å². The molecule has 1 aromatic carbocycles. The molecule has 1 amide bonds. The van der Waals surface area contributed by atoms with Crippen LogP contribution < -0.4 is 11.1 Å². The van der Waals surface area contributed by atoms with E-state index in [0.717, 1.165) is 49.2 Å². The molecule has 3 rings (SSSR count). The number of rotatable bonds is 8. The molecule has 158 valence electrons. The summed E-state index contributed by atoms with van der Waals surface area (Å²) in [5.41, 5.74) is 10.2. The Kier molecular flexibility index (Phi) is 7.31. The molecule has 0 radical (unpaired) electrons. The number of primary amides is 1. The number of amides is 1. The Morgan fingerprint density at radius 2 is 2.03 bits per heavy atom. The molecule has 5 nitrogen and oxygen atoms in total. The van der Waals surface area contributed by atoms with E-state index in [-0.39, 0.29) is 12.1 Å². The van der Waals surface area contributed by atoms with E-state index in [1.54, 1.807) is 12.1 Å². The first-order valence-corrected chi connectivity index (χ1v) is 10.5. The van der Waals surface area contributed by atoms with Gasteiger partial charge in [-0.1, -0.05) is 36.5 Å². The van der Waals surface area contributed by atoms with Crippen LogP contribution in [-0.4, -0.2) is 27.7 Å². The summed E-state index contributed by atoms with van der Waals surface area (Å²) in [5, 5.41) is 13.2. The van der Waals surface area contributed by atoms with Gasteiger partial charge in [-0.3, -0.25) is 4.79 Å². The summed E-state index contributed by atoms with van der Waals surface area (Å²) in [4.78, 5) is 12.0. The lowest BCUT2D eigenvalue weighted by Crippen LogP contribution is -2.29. The highest BCUT2D eigenvalue weighted by Gasteiger charge is 2.21. The second-order valence-corrected chi connectivity index (χ2v) is 7.92. The number of nitrogens with one attached hydrogen (secondary N) is 1. The zero-order chi connectivity index (χ0) is 21.5. The molecule has 30 heavy (non-hydrogen) atoms. The molecule has 1 heterocycles. The summed E-state index contributed by atoms with van der Waals surface area (Å²) in [7, 11) is 0. The lowest BCUT2D eigenvalue weighted by molar-refractivity contribution is 0.100. The first-order valence-electron chi connectivity index (χ1n) is 10.5. The quantitative estimate of drug-likeness (QED) is 0.565. The van der Waals surface area contributed by atoms with Crippen LogP contribution in [0.2, 0.25) is 0 Å². The minimum absolute atomic E-state index is 0.218. The number of aliphatic hydroxyl groups excluding tert-OH is 1. The van der Waals surface area contributed by atoms with E-state index in [1.165, 1.54) is 5.57 Å². The van der Waals surface area contributed by atoms with Gasteiger partial charge in [-0.2, -0.15) is 0 Å². The second kappa shape index (κ2) is 10.1. The van der Waals surface area contributed by atoms with Crippen LogP contribution in [0, 0.1) is 0 Å². The molecule has 1 aliphatic carbocycles. The predicted molar refractivity (Wildman–Crippen MR) is 123 cm³/mol. The predicted octanol–water partition coefficient (Wildman–Crippen LogP) is 4.52. The van der Waals surface area contributed by atoms with Crippen molar-refractivity contribution in [3.05, 3.63) is 84.2 Å². The molecule has 2 aromatic rings. The number of nitrogens with zero attached hydrogens (tertiary/aromatic N) is 1. The van der Waals surface area contributed by atoms with E-state index in [2.05, 4.69) is 35.5 Å². The Bertz CT molecular complexity index is 947. The van der Waals surface area contributed by atoms with E-state index in [9.17, 15) is 9.90 Å². The standard InChI is InChI=1S/C25H31N3O2/c1-3-4-5-7-18(2)16-20-8-6-15-28(20)21-11-14-23(25(26)30)24(17-21)27-19-9-12-22(29)13-10-19/h3-8,11,14-15,17,19,22,27,29H,1,9-10,12-13,16H2,2H3,(H2,26,30)/b5-4-,18-7+/t19-,22-. The van der Waals surface area contributed by atoms with Crippen LogP contribution in [0.1, 0.15) is 48.7 Å². The highest BCUT2D eigenvalue weighted by Crippen LogP contribution is 2.27. The number of allylic oxidation sites excluding steroid dienone is 5. The van der Waals surface area contributed by atoms with Crippen LogP contribution >= 0.6 is 0 Å². The molecule has 0 atom stereocenters. The first-order chi connectivity index (χ1) is 14.5. The minimum atomic E-state index is -0.444. The maximum atomic E-state index is 12.0. The average Bonchev–Trinajstić information content (AvgIpc) is 3.17. The Balaban J connectivity index is 1.86. The smallest absolute Gasteiger partial charge is 0.250 e. The third-order valence-electron chi connectivity index (χ3n) is 5.52. The van der Waals surface area contributed by atoms with Gasteiger partial charge in [0.1, 0.15) is 0 Å². The van der Waals surface area contributed by atoms with Gasteiger partial charge in [0.15, 0.2) is 0 Å². The van der Waals surface area contributed by atoms with Gasteiger partial charge >= 0.3 is 0 Å². The molecule has 0 spiro atoms. The van der Waals surface area contributed by atoms with E-state index < -0.39 is 5.91 Å². The van der Waals surface area contributed by atoms with Crippen LogP contribution in [0.4, 0.5) is 5.69 Å². The Morgan fingerprint density at radius 3 is 2.73 bits per heavy atom. The molecule has 4 N–H and O–H groups in total. The van der Waals surface area contributed by atoms with Crippen molar-refractivity contribution >= 4 is 11.6 Å². The van der Waals surface area contributed by atoms with Crippen molar-refractivity contribution in [1.29, 1.82) is 0 Å². The van der Waals surface area contributed by atoms with Crippen molar-refractivity contribution < 1.29 is 9.90 Å². The molecule has 0 aliphatic heterocycles. The fourth-order valence-electron chi connectivity index (χ4n) is 3.91. The second-order valence-electron chi connectivity index (χ2n) is 7.92. The number of hydrogen-bond donors (Lipinski definition) is 3. The third-order valence-corrected chi connectivity index (χ3v) is 5.52. The monoisotopic (exact) mass is 405 g/mol. The van der Waals surface area contributed by atoms with E-state index in [0.29, 0.717) is 5.56 Å². The lowest BCUT2D eigenvalue weighted by atomic mass is 9.92. The Morgan fingerprint density at radius 1 is 1.27 bits per heavy atom. The number of hydrogen-bond acceptors (Lipinski definition) is 3. The van der Waals surface area contributed by atoms with Crippen molar-refractivity contribution in [2.75, 3.05) is 5.32 Å². The zero-order valence-corrected chi connectivity index (χ0v) is 17.6. The fourth-order valence-corrected chi connectivity index (χ4v) is 3.91. The molecule has 1 fully saturated rings. The highest BCUT2D eigenvalue weighted by molar-refractivity contribution is 5.99. The molecular weight excluding hydrogens is 374 g/mol. The number of carbonyl (C=O) groups is 1. The molecule has 5 heteroatoms. The van der Waals surface area contributed by atoms with Gasteiger partial charge in [-0.15, -0.1) is 0 Å². The maximum absolute atomic E-state index is 12.0. The molecule has 1 aromatic heterocycles. The molecule has 1 aliphatic rings. The fraction of sp³-hybridized carbons (Fsp3) is 0.320. The molecule has 0 unspecified atom stereocenters. The van der Waals surface area contributed by atoms with Gasteiger partial charge < -0.3 is 20.7 Å². The van der Waals surface area contributed by atoms with Crippen LogP contribution in [-0.2, 0) is 6.42 Å². The number of aliphatic hydroxyl groups is 1. The lowest BCUT2D eigenvalue weighted by Gasteiger charge is -2.28. The molecule has 1 saturated carbocycles. The molecule has 0 saturated heterocycles. The summed E-state index contributed by atoms with van der Waals surface area (Å²) in [6, 6.07) is 10.1. The number of aromatic nitrogens is 1. The average molecular weight is 406 g/mol. The first kappa shape index (κ1) is 21.7.